The number of aromatic nitrogens is 2. The molecule has 2 N–H and O–H groups in total. The van der Waals surface area contributed by atoms with Crippen molar-refractivity contribution in [2.75, 3.05) is 36.4 Å². The van der Waals surface area contributed by atoms with Crippen LogP contribution in [0.4, 0.5) is 17.3 Å². The highest BCUT2D eigenvalue weighted by Crippen LogP contribution is 2.31. The van der Waals surface area contributed by atoms with Crippen LogP contribution in [0.15, 0.2) is 67.4 Å². The molecule has 3 rings (SSSR count). The Kier molecular flexibility index (Phi) is 8.04. The van der Waals surface area contributed by atoms with Gasteiger partial charge >= 0.3 is 0 Å². The van der Waals surface area contributed by atoms with E-state index < -0.39 is 9.84 Å². The fourth-order valence-electron chi connectivity index (χ4n) is 2.71. The number of nitrogens with zero attached hydrogens (tertiary/aromatic N) is 2. The third-order valence-corrected chi connectivity index (χ3v) is 5.18. The van der Waals surface area contributed by atoms with E-state index in [4.69, 9.17) is 14.2 Å². The number of sulfone groups is 1. The summed E-state index contributed by atoms with van der Waals surface area (Å²) in [6.45, 7) is 3.44. The monoisotopic (exact) mass is 484 g/mol. The number of rotatable bonds is 11. The standard InChI is InChI=1S/C23H24N4O6S/c1-4-21(28)25-16-6-5-7-18(14-16)33-22-10-11-24-23(27-22)26-17-8-9-19(20(15-17)31-2)32-12-13-34(3,29)30/h4-11,14-15H,1,12-13H2,2-3H3,(H,25,28)(H,24,26,27). The van der Waals surface area contributed by atoms with Crippen molar-refractivity contribution in [3.05, 3.63) is 67.4 Å². The Balaban J connectivity index is 1.69. The van der Waals surface area contributed by atoms with E-state index in [-0.39, 0.29) is 30.1 Å². The molecule has 0 fully saturated rings. The van der Waals surface area contributed by atoms with Gasteiger partial charge in [0.2, 0.25) is 17.7 Å². The molecule has 11 heteroatoms. The van der Waals surface area contributed by atoms with Gasteiger partial charge in [0, 0.05) is 42.0 Å². The van der Waals surface area contributed by atoms with Crippen molar-refractivity contribution < 1.29 is 27.4 Å². The van der Waals surface area contributed by atoms with E-state index in [1.54, 1.807) is 48.5 Å². The molecule has 0 saturated carbocycles. The van der Waals surface area contributed by atoms with Crippen LogP contribution in [0.3, 0.4) is 0 Å². The summed E-state index contributed by atoms with van der Waals surface area (Å²) >= 11 is 0. The molecule has 0 bridgehead atoms. The molecule has 0 radical (unpaired) electrons. The predicted octanol–water partition coefficient (Wildman–Crippen LogP) is 3.57. The predicted molar refractivity (Wildman–Crippen MR) is 129 cm³/mol. The Hall–Kier alpha value is -4.12. The van der Waals surface area contributed by atoms with Crippen molar-refractivity contribution in [2.45, 2.75) is 0 Å². The second-order valence-electron chi connectivity index (χ2n) is 7.01. The maximum Gasteiger partial charge on any atom is 0.247 e. The third kappa shape index (κ3) is 7.48. The number of amides is 1. The molecule has 0 aliphatic rings. The quantitative estimate of drug-likeness (QED) is 0.392. The average Bonchev–Trinajstić information content (AvgIpc) is 2.79. The lowest BCUT2D eigenvalue weighted by molar-refractivity contribution is -0.111. The van der Waals surface area contributed by atoms with Crippen LogP contribution in [-0.4, -0.2) is 50.0 Å². The summed E-state index contributed by atoms with van der Waals surface area (Å²) in [7, 11) is -1.64. The lowest BCUT2D eigenvalue weighted by Gasteiger charge is -2.13. The maximum absolute atomic E-state index is 11.5. The number of carbonyl (C=O) groups excluding carboxylic acids is 1. The molecule has 2 aromatic carbocycles. The van der Waals surface area contributed by atoms with Crippen LogP contribution in [0.2, 0.25) is 0 Å². The molecular formula is C23H24N4O6S. The van der Waals surface area contributed by atoms with Crippen LogP contribution in [0.5, 0.6) is 23.1 Å². The van der Waals surface area contributed by atoms with E-state index in [2.05, 4.69) is 27.2 Å². The lowest BCUT2D eigenvalue weighted by Crippen LogP contribution is -2.12. The molecular weight excluding hydrogens is 460 g/mol. The van der Waals surface area contributed by atoms with E-state index in [1.165, 1.54) is 19.4 Å². The molecule has 0 aliphatic carbocycles. The first-order valence-corrected chi connectivity index (χ1v) is 12.1. The summed E-state index contributed by atoms with van der Waals surface area (Å²) in [6, 6.07) is 13.5. The Labute approximate surface area is 197 Å². The highest BCUT2D eigenvalue weighted by Gasteiger charge is 2.10. The van der Waals surface area contributed by atoms with Crippen LogP contribution in [0.1, 0.15) is 0 Å². The van der Waals surface area contributed by atoms with Gasteiger partial charge in [-0.15, -0.1) is 0 Å². The van der Waals surface area contributed by atoms with Gasteiger partial charge in [-0.1, -0.05) is 12.6 Å². The molecule has 1 heterocycles. The molecule has 0 saturated heterocycles. The number of nitrogens with one attached hydrogen (secondary N) is 2. The molecule has 178 valence electrons. The third-order valence-electron chi connectivity index (χ3n) is 4.27. The first-order chi connectivity index (χ1) is 16.3. The van der Waals surface area contributed by atoms with Gasteiger partial charge in [-0.05, 0) is 30.3 Å². The van der Waals surface area contributed by atoms with Crippen LogP contribution in [0, 0.1) is 0 Å². The minimum absolute atomic E-state index is 0.0168. The number of anilines is 3. The van der Waals surface area contributed by atoms with Crippen molar-refractivity contribution in [3.63, 3.8) is 0 Å². The minimum atomic E-state index is -3.13. The number of ether oxygens (including phenoxy) is 3. The fraction of sp³-hybridized carbons (Fsp3) is 0.174. The normalized spacial score (nSPS) is 10.8. The largest absolute Gasteiger partial charge is 0.493 e. The van der Waals surface area contributed by atoms with Crippen molar-refractivity contribution in [3.8, 4) is 23.1 Å². The summed E-state index contributed by atoms with van der Waals surface area (Å²) in [5.41, 5.74) is 1.18. The minimum Gasteiger partial charge on any atom is -0.493 e. The van der Waals surface area contributed by atoms with Gasteiger partial charge in [0.05, 0.1) is 12.9 Å². The number of carbonyl (C=O) groups is 1. The molecule has 10 nitrogen and oxygen atoms in total. The van der Waals surface area contributed by atoms with Crippen molar-refractivity contribution in [1.29, 1.82) is 0 Å². The number of hydrogen-bond acceptors (Lipinski definition) is 9. The average molecular weight is 485 g/mol. The summed E-state index contributed by atoms with van der Waals surface area (Å²) < 4.78 is 39.2. The lowest BCUT2D eigenvalue weighted by atomic mass is 10.2. The first kappa shape index (κ1) is 24.5. The summed E-state index contributed by atoms with van der Waals surface area (Å²) in [6.07, 6.45) is 3.86. The van der Waals surface area contributed by atoms with Gasteiger partial charge in [-0.25, -0.2) is 13.4 Å². The van der Waals surface area contributed by atoms with E-state index in [9.17, 15) is 13.2 Å². The van der Waals surface area contributed by atoms with Crippen LogP contribution >= 0.6 is 0 Å². The fourth-order valence-corrected chi connectivity index (χ4v) is 3.09. The Bertz CT molecular complexity index is 1280. The molecule has 0 spiro atoms. The topological polar surface area (TPSA) is 129 Å². The maximum atomic E-state index is 11.5. The Morgan fingerprint density at radius 1 is 1.12 bits per heavy atom. The van der Waals surface area contributed by atoms with Gasteiger partial charge in [0.15, 0.2) is 21.3 Å². The summed E-state index contributed by atoms with van der Waals surface area (Å²) in [5, 5.41) is 5.72. The van der Waals surface area contributed by atoms with E-state index in [0.29, 0.717) is 28.6 Å². The van der Waals surface area contributed by atoms with Crippen molar-refractivity contribution >= 4 is 33.1 Å². The molecule has 34 heavy (non-hydrogen) atoms. The molecule has 1 amide bonds. The Morgan fingerprint density at radius 3 is 2.68 bits per heavy atom. The molecule has 3 aromatic rings. The van der Waals surface area contributed by atoms with Gasteiger partial charge < -0.3 is 24.8 Å². The van der Waals surface area contributed by atoms with Crippen molar-refractivity contribution in [2.24, 2.45) is 0 Å². The summed E-state index contributed by atoms with van der Waals surface area (Å²) in [5.74, 6) is 1.46. The molecule has 0 atom stereocenters. The highest BCUT2D eigenvalue weighted by molar-refractivity contribution is 7.90. The van der Waals surface area contributed by atoms with Gasteiger partial charge in [0.1, 0.15) is 12.4 Å². The zero-order chi connectivity index (χ0) is 24.6. The molecule has 0 unspecified atom stereocenters. The van der Waals surface area contributed by atoms with E-state index in [1.807, 2.05) is 0 Å². The van der Waals surface area contributed by atoms with Crippen molar-refractivity contribution in [1.82, 2.24) is 9.97 Å². The molecule has 0 aliphatic heterocycles. The second kappa shape index (κ2) is 11.1. The van der Waals surface area contributed by atoms with Gasteiger partial charge in [-0.2, -0.15) is 4.98 Å². The zero-order valence-corrected chi connectivity index (χ0v) is 19.5. The van der Waals surface area contributed by atoms with Gasteiger partial charge in [-0.3, -0.25) is 4.79 Å². The first-order valence-electron chi connectivity index (χ1n) is 10.1. The zero-order valence-electron chi connectivity index (χ0n) is 18.6. The highest BCUT2D eigenvalue weighted by atomic mass is 32.2. The van der Waals surface area contributed by atoms with Gasteiger partial charge in [0.25, 0.3) is 0 Å². The van der Waals surface area contributed by atoms with Crippen LogP contribution in [-0.2, 0) is 14.6 Å². The Morgan fingerprint density at radius 2 is 1.94 bits per heavy atom. The number of hydrogen-bond donors (Lipinski definition) is 2. The number of benzene rings is 2. The second-order valence-corrected chi connectivity index (χ2v) is 9.27. The SMILES string of the molecule is C=CC(=O)Nc1cccc(Oc2ccnc(Nc3ccc(OCCS(C)(=O)=O)c(OC)c3)n2)c1. The smallest absolute Gasteiger partial charge is 0.247 e. The van der Waals surface area contributed by atoms with E-state index in [0.717, 1.165) is 6.26 Å². The van der Waals surface area contributed by atoms with Crippen LogP contribution in [0.25, 0.3) is 0 Å². The molecule has 1 aromatic heterocycles. The number of methoxy groups -OCH3 is 1. The summed E-state index contributed by atoms with van der Waals surface area (Å²) in [4.78, 5) is 20.0. The van der Waals surface area contributed by atoms with Crippen LogP contribution < -0.4 is 24.8 Å². The van der Waals surface area contributed by atoms with E-state index >= 15 is 0 Å².